The average molecular weight is 317 g/mol. The molecule has 1 aliphatic rings. The Morgan fingerprint density at radius 3 is 2.78 bits per heavy atom. The van der Waals surface area contributed by atoms with Crippen LogP contribution in [0.15, 0.2) is 42.9 Å². The van der Waals surface area contributed by atoms with E-state index in [0.29, 0.717) is 12.4 Å². The van der Waals surface area contributed by atoms with E-state index in [1.807, 2.05) is 0 Å². The van der Waals surface area contributed by atoms with Gasteiger partial charge < -0.3 is 9.47 Å². The maximum Gasteiger partial charge on any atom is 0.123 e. The fourth-order valence-corrected chi connectivity index (χ4v) is 2.79. The molecule has 0 spiro atoms. The summed E-state index contributed by atoms with van der Waals surface area (Å²) < 4.78 is 24.5. The molecule has 0 unspecified atom stereocenters. The summed E-state index contributed by atoms with van der Waals surface area (Å²) in [5.74, 6) is 0.380. The number of rotatable bonds is 6. The highest BCUT2D eigenvalue weighted by Crippen LogP contribution is 2.27. The summed E-state index contributed by atoms with van der Waals surface area (Å²) in [6.07, 6.45) is 6.03. The molecule has 0 N–H and O–H groups in total. The van der Waals surface area contributed by atoms with Gasteiger partial charge in [-0.15, -0.1) is 0 Å². The number of ether oxygens (including phenoxy) is 2. The molecule has 2 aromatic rings. The van der Waals surface area contributed by atoms with Crippen LogP contribution in [0.2, 0.25) is 0 Å². The SMILES string of the molecule is CO[C@@]1(COc2ccc(F)cc2)CCN(Cc2cnccn2)C1. The number of nitrogens with zero attached hydrogens (tertiary/aromatic N) is 3. The number of hydrogen-bond acceptors (Lipinski definition) is 5. The Hall–Kier alpha value is -2.05. The second kappa shape index (κ2) is 7.02. The first-order valence-corrected chi connectivity index (χ1v) is 7.60. The van der Waals surface area contributed by atoms with Crippen LogP contribution in [0, 0.1) is 5.82 Å². The van der Waals surface area contributed by atoms with Crippen LogP contribution in [0.25, 0.3) is 0 Å². The molecule has 3 rings (SSSR count). The summed E-state index contributed by atoms with van der Waals surface area (Å²) in [5, 5.41) is 0. The van der Waals surface area contributed by atoms with Gasteiger partial charge in [-0.2, -0.15) is 0 Å². The largest absolute Gasteiger partial charge is 0.491 e. The third-order valence-corrected chi connectivity index (χ3v) is 4.15. The van der Waals surface area contributed by atoms with Gasteiger partial charge in [-0.3, -0.25) is 14.9 Å². The lowest BCUT2D eigenvalue weighted by atomic mass is 10.0. The van der Waals surface area contributed by atoms with Crippen LogP contribution in [0.4, 0.5) is 4.39 Å². The monoisotopic (exact) mass is 317 g/mol. The summed E-state index contributed by atoms with van der Waals surface area (Å²) in [5.41, 5.74) is 0.593. The Morgan fingerprint density at radius 1 is 1.26 bits per heavy atom. The molecule has 1 saturated heterocycles. The predicted octanol–water partition coefficient (Wildman–Crippen LogP) is 2.29. The highest BCUT2D eigenvalue weighted by Gasteiger charge is 2.39. The summed E-state index contributed by atoms with van der Waals surface area (Å²) >= 11 is 0. The van der Waals surface area contributed by atoms with E-state index in [9.17, 15) is 4.39 Å². The van der Waals surface area contributed by atoms with Gasteiger partial charge in [-0.05, 0) is 30.7 Å². The number of benzene rings is 1. The second-order valence-electron chi connectivity index (χ2n) is 5.79. The number of methoxy groups -OCH3 is 1. The lowest BCUT2D eigenvalue weighted by Crippen LogP contribution is -2.41. The Labute approximate surface area is 135 Å². The number of likely N-dealkylation sites (tertiary alicyclic amines) is 1. The first-order valence-electron chi connectivity index (χ1n) is 7.60. The minimum Gasteiger partial charge on any atom is -0.491 e. The van der Waals surface area contributed by atoms with Gasteiger partial charge in [-0.25, -0.2) is 4.39 Å². The zero-order valence-corrected chi connectivity index (χ0v) is 13.1. The lowest BCUT2D eigenvalue weighted by Gasteiger charge is -2.28. The molecule has 23 heavy (non-hydrogen) atoms. The number of aromatic nitrogens is 2. The van der Waals surface area contributed by atoms with Crippen LogP contribution >= 0.6 is 0 Å². The van der Waals surface area contributed by atoms with Gasteiger partial charge in [0.2, 0.25) is 0 Å². The molecule has 0 bridgehead atoms. The van der Waals surface area contributed by atoms with E-state index in [4.69, 9.17) is 9.47 Å². The van der Waals surface area contributed by atoms with Crippen LogP contribution in [-0.4, -0.2) is 47.3 Å². The molecule has 0 radical (unpaired) electrons. The standard InChI is InChI=1S/C17H20FN3O2/c1-22-17(13-23-16-4-2-14(18)3-5-16)6-9-21(12-17)11-15-10-19-7-8-20-15/h2-5,7-8,10H,6,9,11-13H2,1H3/t17-/m0/s1. The Morgan fingerprint density at radius 2 is 2.09 bits per heavy atom. The molecule has 1 atom stereocenters. The van der Waals surface area contributed by atoms with E-state index in [2.05, 4.69) is 14.9 Å². The smallest absolute Gasteiger partial charge is 0.123 e. The molecule has 1 aromatic heterocycles. The van der Waals surface area contributed by atoms with Gasteiger partial charge in [0.1, 0.15) is 23.8 Å². The van der Waals surface area contributed by atoms with Crippen molar-refractivity contribution in [1.29, 1.82) is 0 Å². The van der Waals surface area contributed by atoms with Crippen molar-refractivity contribution in [2.75, 3.05) is 26.8 Å². The zero-order valence-electron chi connectivity index (χ0n) is 13.1. The normalized spacial score (nSPS) is 21.5. The van der Waals surface area contributed by atoms with Crippen LogP contribution in [0.1, 0.15) is 12.1 Å². The van der Waals surface area contributed by atoms with Gasteiger partial charge in [-0.1, -0.05) is 0 Å². The zero-order chi connectivity index (χ0) is 16.1. The third-order valence-electron chi connectivity index (χ3n) is 4.15. The Bertz CT molecular complexity index is 623. The predicted molar refractivity (Wildman–Crippen MR) is 83.6 cm³/mol. The van der Waals surface area contributed by atoms with E-state index >= 15 is 0 Å². The summed E-state index contributed by atoms with van der Waals surface area (Å²) in [7, 11) is 1.71. The van der Waals surface area contributed by atoms with Crippen LogP contribution in [-0.2, 0) is 11.3 Å². The van der Waals surface area contributed by atoms with Crippen molar-refractivity contribution in [3.63, 3.8) is 0 Å². The van der Waals surface area contributed by atoms with Crippen molar-refractivity contribution in [1.82, 2.24) is 14.9 Å². The van der Waals surface area contributed by atoms with Crippen LogP contribution in [0.5, 0.6) is 5.75 Å². The van der Waals surface area contributed by atoms with E-state index in [1.165, 1.54) is 12.1 Å². The van der Waals surface area contributed by atoms with Gasteiger partial charge in [0, 0.05) is 45.3 Å². The van der Waals surface area contributed by atoms with Gasteiger partial charge in [0.25, 0.3) is 0 Å². The first-order chi connectivity index (χ1) is 11.2. The maximum absolute atomic E-state index is 12.9. The molecule has 0 saturated carbocycles. The van der Waals surface area contributed by atoms with Gasteiger partial charge >= 0.3 is 0 Å². The molecule has 1 aliphatic heterocycles. The van der Waals surface area contributed by atoms with E-state index < -0.39 is 0 Å². The molecular weight excluding hydrogens is 297 g/mol. The van der Waals surface area contributed by atoms with Gasteiger partial charge in [0.15, 0.2) is 0 Å². The van der Waals surface area contributed by atoms with Gasteiger partial charge in [0.05, 0.1) is 5.69 Å². The topological polar surface area (TPSA) is 47.5 Å². The fourth-order valence-electron chi connectivity index (χ4n) is 2.79. The van der Waals surface area contributed by atoms with Crippen molar-refractivity contribution in [3.05, 3.63) is 54.4 Å². The Kier molecular flexibility index (Phi) is 4.83. The molecule has 2 heterocycles. The van der Waals surface area contributed by atoms with Crippen LogP contribution < -0.4 is 4.74 Å². The van der Waals surface area contributed by atoms with Crippen molar-refractivity contribution in [2.24, 2.45) is 0 Å². The van der Waals surface area contributed by atoms with E-state index in [1.54, 1.807) is 37.8 Å². The first kappa shape index (κ1) is 15.8. The van der Waals surface area contributed by atoms with Crippen molar-refractivity contribution < 1.29 is 13.9 Å². The molecule has 1 aromatic carbocycles. The number of halogens is 1. The molecule has 5 nitrogen and oxygen atoms in total. The molecule has 1 fully saturated rings. The Balaban J connectivity index is 1.57. The average Bonchev–Trinajstić information content (AvgIpc) is 2.99. The fraction of sp³-hybridized carbons (Fsp3) is 0.412. The quantitative estimate of drug-likeness (QED) is 0.818. The van der Waals surface area contributed by atoms with E-state index in [-0.39, 0.29) is 11.4 Å². The summed E-state index contributed by atoms with van der Waals surface area (Å²) in [6, 6.07) is 6.05. The highest BCUT2D eigenvalue weighted by atomic mass is 19.1. The highest BCUT2D eigenvalue weighted by molar-refractivity contribution is 5.22. The van der Waals surface area contributed by atoms with E-state index in [0.717, 1.165) is 31.7 Å². The lowest BCUT2D eigenvalue weighted by molar-refractivity contribution is -0.0360. The summed E-state index contributed by atoms with van der Waals surface area (Å²) in [4.78, 5) is 10.7. The number of hydrogen-bond donors (Lipinski definition) is 0. The minimum absolute atomic E-state index is 0.269. The second-order valence-corrected chi connectivity index (χ2v) is 5.79. The van der Waals surface area contributed by atoms with Crippen LogP contribution in [0.3, 0.4) is 0 Å². The third kappa shape index (κ3) is 4.03. The molecule has 0 amide bonds. The molecular formula is C17H20FN3O2. The van der Waals surface area contributed by atoms with Crippen molar-refractivity contribution >= 4 is 0 Å². The summed E-state index contributed by atoms with van der Waals surface area (Å²) in [6.45, 7) is 2.86. The maximum atomic E-state index is 12.9. The van der Waals surface area contributed by atoms with Crippen molar-refractivity contribution in [2.45, 2.75) is 18.6 Å². The molecule has 122 valence electrons. The minimum atomic E-state index is -0.351. The molecule has 0 aliphatic carbocycles. The molecule has 6 heteroatoms. The van der Waals surface area contributed by atoms with Crippen molar-refractivity contribution in [3.8, 4) is 5.75 Å².